The van der Waals surface area contributed by atoms with Gasteiger partial charge in [-0.15, -0.1) is 0 Å². The summed E-state index contributed by atoms with van der Waals surface area (Å²) < 4.78 is 7.37. The lowest BCUT2D eigenvalue weighted by molar-refractivity contribution is -0.124. The molecule has 19 heavy (non-hydrogen) atoms. The minimum Gasteiger partial charge on any atom is -0.373 e. The van der Waals surface area contributed by atoms with Crippen LogP contribution in [0.15, 0.2) is 6.07 Å². The van der Waals surface area contributed by atoms with E-state index in [4.69, 9.17) is 4.74 Å². The highest BCUT2D eigenvalue weighted by molar-refractivity contribution is 6.22. The lowest BCUT2D eigenvalue weighted by Gasteiger charge is -2.15. The van der Waals surface area contributed by atoms with Gasteiger partial charge in [0.25, 0.3) is 0 Å². The summed E-state index contributed by atoms with van der Waals surface area (Å²) in [5.74, 6) is -0.397. The van der Waals surface area contributed by atoms with Gasteiger partial charge < -0.3 is 4.74 Å². The minimum atomic E-state index is -0.284. The molecule has 3 saturated heterocycles. The molecule has 2 amide bonds. The molecule has 2 bridgehead atoms. The molecule has 1 aromatic heterocycles. The number of hydrogen-bond acceptors (Lipinski definition) is 4. The molecule has 0 spiro atoms. The van der Waals surface area contributed by atoms with Gasteiger partial charge in [-0.05, 0) is 19.8 Å². The molecule has 3 fully saturated rings. The Kier molecular flexibility index (Phi) is 2.02. The summed E-state index contributed by atoms with van der Waals surface area (Å²) >= 11 is 0. The first-order valence-corrected chi connectivity index (χ1v) is 6.62. The van der Waals surface area contributed by atoms with Gasteiger partial charge in [0, 0.05) is 18.8 Å². The van der Waals surface area contributed by atoms with E-state index in [0.717, 1.165) is 18.5 Å². The Morgan fingerprint density at radius 1 is 1.21 bits per heavy atom. The number of ether oxygens (including phenoxy) is 1. The van der Waals surface area contributed by atoms with Crippen molar-refractivity contribution in [3.63, 3.8) is 0 Å². The van der Waals surface area contributed by atoms with E-state index in [1.807, 2.05) is 6.92 Å². The van der Waals surface area contributed by atoms with Crippen molar-refractivity contribution in [2.75, 3.05) is 4.90 Å². The molecular weight excluding hydrogens is 246 g/mol. The van der Waals surface area contributed by atoms with Gasteiger partial charge in [-0.2, -0.15) is 5.10 Å². The molecule has 6 nitrogen and oxygen atoms in total. The van der Waals surface area contributed by atoms with Crippen LogP contribution in [0.4, 0.5) is 5.82 Å². The highest BCUT2D eigenvalue weighted by Gasteiger charge is 2.63. The SMILES string of the molecule is Cc1cc(N2C(=O)[C@H]3[C@H](C2=O)[C@H]2CC[C@H]3O2)nn1C. The monoisotopic (exact) mass is 261 g/mol. The van der Waals surface area contributed by atoms with Crippen molar-refractivity contribution in [1.82, 2.24) is 9.78 Å². The normalized spacial score (nSPS) is 36.4. The number of nitrogens with zero attached hydrogens (tertiary/aromatic N) is 3. The van der Waals surface area contributed by atoms with E-state index in [9.17, 15) is 9.59 Å². The van der Waals surface area contributed by atoms with Gasteiger partial charge in [-0.1, -0.05) is 0 Å². The van der Waals surface area contributed by atoms with Crippen LogP contribution in [-0.2, 0) is 21.4 Å². The number of carbonyl (C=O) groups excluding carboxylic acids is 2. The van der Waals surface area contributed by atoms with Gasteiger partial charge in [0.15, 0.2) is 5.82 Å². The zero-order valence-electron chi connectivity index (χ0n) is 10.9. The first kappa shape index (κ1) is 11.2. The topological polar surface area (TPSA) is 64.4 Å². The van der Waals surface area contributed by atoms with Crippen LogP contribution < -0.4 is 4.90 Å². The van der Waals surface area contributed by atoms with E-state index in [1.54, 1.807) is 17.8 Å². The van der Waals surface area contributed by atoms with Crippen LogP contribution in [0.5, 0.6) is 0 Å². The summed E-state index contributed by atoms with van der Waals surface area (Å²) in [5, 5.41) is 4.25. The van der Waals surface area contributed by atoms with E-state index in [-0.39, 0.29) is 35.9 Å². The fourth-order valence-corrected chi connectivity index (χ4v) is 3.59. The molecule has 3 aliphatic heterocycles. The minimum absolute atomic E-state index is 0.0683. The van der Waals surface area contributed by atoms with Crippen molar-refractivity contribution < 1.29 is 14.3 Å². The molecular formula is C13H15N3O3. The summed E-state index contributed by atoms with van der Waals surface area (Å²) in [6.07, 6.45) is 1.64. The maximum Gasteiger partial charge on any atom is 0.241 e. The molecule has 0 radical (unpaired) electrons. The smallest absolute Gasteiger partial charge is 0.241 e. The number of aryl methyl sites for hydroxylation is 2. The second kappa shape index (κ2) is 3.45. The molecule has 100 valence electrons. The lowest BCUT2D eigenvalue weighted by atomic mass is 9.81. The lowest BCUT2D eigenvalue weighted by Crippen LogP contribution is -2.34. The molecule has 1 aromatic rings. The molecule has 6 heteroatoms. The average molecular weight is 261 g/mol. The van der Waals surface area contributed by atoms with Gasteiger partial charge in [-0.25, -0.2) is 4.90 Å². The third kappa shape index (κ3) is 1.27. The summed E-state index contributed by atoms with van der Waals surface area (Å²) in [7, 11) is 1.80. The molecule has 0 aliphatic carbocycles. The molecule has 4 rings (SSSR count). The summed E-state index contributed by atoms with van der Waals surface area (Å²) in [4.78, 5) is 26.2. The van der Waals surface area contributed by atoms with Gasteiger partial charge >= 0.3 is 0 Å². The van der Waals surface area contributed by atoms with Gasteiger partial charge in [0.05, 0.1) is 24.0 Å². The number of amides is 2. The largest absolute Gasteiger partial charge is 0.373 e. The zero-order chi connectivity index (χ0) is 13.3. The second-order valence-corrected chi connectivity index (χ2v) is 5.62. The maximum absolute atomic E-state index is 12.5. The van der Waals surface area contributed by atoms with Crippen molar-refractivity contribution in [1.29, 1.82) is 0 Å². The summed E-state index contributed by atoms with van der Waals surface area (Å²) in [6, 6.07) is 1.78. The van der Waals surface area contributed by atoms with Crippen LogP contribution in [0, 0.1) is 18.8 Å². The fraction of sp³-hybridized carbons (Fsp3) is 0.615. The highest BCUT2D eigenvalue weighted by Crippen LogP contribution is 2.49. The van der Waals surface area contributed by atoms with Crippen molar-refractivity contribution in [3.05, 3.63) is 11.8 Å². The zero-order valence-corrected chi connectivity index (χ0v) is 10.9. The van der Waals surface area contributed by atoms with Crippen LogP contribution in [0.3, 0.4) is 0 Å². The van der Waals surface area contributed by atoms with Crippen molar-refractivity contribution >= 4 is 17.6 Å². The van der Waals surface area contributed by atoms with Crippen LogP contribution in [0.1, 0.15) is 18.5 Å². The van der Waals surface area contributed by atoms with E-state index in [1.165, 1.54) is 4.90 Å². The van der Waals surface area contributed by atoms with Crippen LogP contribution >= 0.6 is 0 Å². The predicted molar refractivity (Wildman–Crippen MR) is 65.3 cm³/mol. The summed E-state index contributed by atoms with van der Waals surface area (Å²) in [6.45, 7) is 1.90. The van der Waals surface area contributed by atoms with E-state index >= 15 is 0 Å². The number of fused-ring (bicyclic) bond motifs is 5. The third-order valence-electron chi connectivity index (χ3n) is 4.61. The molecule has 0 unspecified atom stereocenters. The molecule has 4 heterocycles. The Balaban J connectivity index is 1.75. The first-order valence-electron chi connectivity index (χ1n) is 6.62. The number of anilines is 1. The van der Waals surface area contributed by atoms with Crippen molar-refractivity contribution in [2.24, 2.45) is 18.9 Å². The van der Waals surface area contributed by atoms with Gasteiger partial charge in [-0.3, -0.25) is 14.3 Å². The van der Waals surface area contributed by atoms with E-state index in [0.29, 0.717) is 5.82 Å². The fourth-order valence-electron chi connectivity index (χ4n) is 3.59. The number of aromatic nitrogens is 2. The van der Waals surface area contributed by atoms with Crippen LogP contribution in [-0.4, -0.2) is 33.8 Å². The van der Waals surface area contributed by atoms with E-state index in [2.05, 4.69) is 5.10 Å². The maximum atomic E-state index is 12.5. The predicted octanol–water partition coefficient (Wildman–Crippen LogP) is 0.395. The Morgan fingerprint density at radius 3 is 2.26 bits per heavy atom. The number of carbonyl (C=O) groups is 2. The van der Waals surface area contributed by atoms with Crippen LogP contribution in [0.25, 0.3) is 0 Å². The van der Waals surface area contributed by atoms with E-state index < -0.39 is 0 Å². The number of imide groups is 1. The number of hydrogen-bond donors (Lipinski definition) is 0. The molecule has 3 aliphatic rings. The quantitative estimate of drug-likeness (QED) is 0.686. The summed E-state index contributed by atoms with van der Waals surface area (Å²) in [5.41, 5.74) is 0.923. The Hall–Kier alpha value is -1.69. The molecule has 4 atom stereocenters. The Morgan fingerprint density at radius 2 is 1.79 bits per heavy atom. The first-order chi connectivity index (χ1) is 9.08. The molecule has 0 saturated carbocycles. The Labute approximate surface area is 110 Å². The van der Waals surface area contributed by atoms with Crippen molar-refractivity contribution in [3.8, 4) is 0 Å². The second-order valence-electron chi connectivity index (χ2n) is 5.62. The van der Waals surface area contributed by atoms with Crippen LogP contribution in [0.2, 0.25) is 0 Å². The van der Waals surface area contributed by atoms with Gasteiger partial charge in [0.1, 0.15) is 0 Å². The van der Waals surface area contributed by atoms with Gasteiger partial charge in [0.2, 0.25) is 11.8 Å². The average Bonchev–Trinajstić information content (AvgIpc) is 3.07. The third-order valence-corrected chi connectivity index (χ3v) is 4.61. The standard InChI is InChI=1S/C13H15N3O3/c1-6-5-9(14-15(6)2)16-12(17)10-7-3-4-8(19-7)11(10)13(16)18/h5,7-8,10-11H,3-4H2,1-2H3/t7-,8-,10-,11-/m1/s1. The highest BCUT2D eigenvalue weighted by atomic mass is 16.5. The molecule has 0 N–H and O–H groups in total. The van der Waals surface area contributed by atoms with Crippen molar-refractivity contribution in [2.45, 2.75) is 32.0 Å². The number of rotatable bonds is 1. The molecule has 0 aromatic carbocycles. The Bertz CT molecular complexity index is 546.